The zero-order valence-electron chi connectivity index (χ0n) is 3.06. The summed E-state index contributed by atoms with van der Waals surface area (Å²) in [6, 6.07) is 0. The number of rotatable bonds is 0. The summed E-state index contributed by atoms with van der Waals surface area (Å²) in [5, 5.41) is 0. The predicted molar refractivity (Wildman–Crippen MR) is 20.5 cm³/mol. The molecule has 0 aromatic carbocycles. The summed E-state index contributed by atoms with van der Waals surface area (Å²) in [5.41, 5.74) is 0. The Balaban J connectivity index is 0. The average molecular weight is 326 g/mol. The third-order valence-electron chi connectivity index (χ3n) is 0. The van der Waals surface area contributed by atoms with Crippen molar-refractivity contribution in [3.05, 3.63) is 0 Å². The van der Waals surface area contributed by atoms with Crippen LogP contribution in [0.25, 0.3) is 0 Å². The number of hydrogen-bond donors (Lipinski definition) is 0. The Hall–Kier alpha value is 3.30. The quantitative estimate of drug-likeness (QED) is 0.398. The van der Waals surface area contributed by atoms with Crippen molar-refractivity contribution in [2.24, 2.45) is 0 Å². The van der Waals surface area contributed by atoms with Gasteiger partial charge in [-0.1, -0.05) is 0 Å². The van der Waals surface area contributed by atoms with Crippen LogP contribution >= 0.6 is 9.90 Å². The number of hydrogen-bond acceptors (Lipinski definition) is 0. The van der Waals surface area contributed by atoms with E-state index in [0.717, 1.165) is 0 Å². The van der Waals surface area contributed by atoms with Crippen LogP contribution in [0.3, 0.4) is 0 Å². The molecule has 2 N–H and O–H groups in total. The fraction of sp³-hybridized carbons (Fsp3) is 0. The maximum Gasteiger partial charge on any atom is 0 e. The van der Waals surface area contributed by atoms with E-state index in [2.05, 4.69) is 0 Å². The van der Waals surface area contributed by atoms with Crippen LogP contribution < -0.4 is 0 Å². The van der Waals surface area contributed by atoms with E-state index in [1.54, 1.807) is 0 Å². The SMILES string of the molecule is O.P.[K].[V].[W]. The smallest absolute Gasteiger partial charge is 0 e. The Kier molecular flexibility index (Phi) is 216. The van der Waals surface area contributed by atoms with Crippen LogP contribution in [0.15, 0.2) is 0 Å². The van der Waals surface area contributed by atoms with E-state index in [9.17, 15) is 0 Å². The van der Waals surface area contributed by atoms with E-state index in [1.807, 2.05) is 0 Å². The van der Waals surface area contributed by atoms with E-state index < -0.39 is 0 Å². The molecule has 28 valence electrons. The van der Waals surface area contributed by atoms with Gasteiger partial charge in [-0.25, -0.2) is 0 Å². The standard InChI is InChI=1S/K.H2O.H3P.V.W/h;1H2;1H3;;. The van der Waals surface area contributed by atoms with Gasteiger partial charge < -0.3 is 5.48 Å². The van der Waals surface area contributed by atoms with E-state index in [-0.39, 0.29) is 106 Å². The molecule has 0 bridgehead atoms. The molecule has 0 heterocycles. The van der Waals surface area contributed by atoms with Crippen LogP contribution in [0, 0.1) is 0 Å². The summed E-state index contributed by atoms with van der Waals surface area (Å²) in [6.45, 7) is 0. The molecule has 0 saturated heterocycles. The molecule has 0 saturated carbocycles. The molecular weight excluding hydrogens is 321 g/mol. The molecule has 5 heteroatoms. The van der Waals surface area contributed by atoms with Gasteiger partial charge in [0.25, 0.3) is 0 Å². The average Bonchev–Trinajstić information content (AvgIpc) is 0. The first-order chi connectivity index (χ1) is 0. The van der Waals surface area contributed by atoms with Crippen molar-refractivity contribution in [3.63, 3.8) is 0 Å². The Morgan fingerprint density at radius 1 is 1.00 bits per heavy atom. The Morgan fingerprint density at radius 2 is 1.00 bits per heavy atom. The van der Waals surface area contributed by atoms with E-state index in [4.69, 9.17) is 0 Å². The van der Waals surface area contributed by atoms with Crippen molar-refractivity contribution in [3.8, 4) is 0 Å². The summed E-state index contributed by atoms with van der Waals surface area (Å²) in [6.07, 6.45) is 0. The second kappa shape index (κ2) is 26.6. The molecular formula is H5KOPVW. The van der Waals surface area contributed by atoms with Gasteiger partial charge in [-0.3, -0.25) is 0 Å². The van der Waals surface area contributed by atoms with Gasteiger partial charge in [0.05, 0.1) is 0 Å². The molecule has 1 atom stereocenters. The molecule has 0 spiro atoms. The maximum absolute atomic E-state index is 0. The van der Waals surface area contributed by atoms with Crippen LogP contribution in [-0.2, 0) is 39.6 Å². The van der Waals surface area contributed by atoms with E-state index in [1.165, 1.54) is 0 Å². The summed E-state index contributed by atoms with van der Waals surface area (Å²) in [5.74, 6) is 0. The maximum atomic E-state index is 0. The minimum atomic E-state index is 0. The van der Waals surface area contributed by atoms with Crippen LogP contribution in [0.2, 0.25) is 0 Å². The largest absolute Gasteiger partial charge is 0.412 e. The van der Waals surface area contributed by atoms with Crippen molar-refractivity contribution in [1.82, 2.24) is 0 Å². The minimum Gasteiger partial charge on any atom is -0.412 e. The second-order valence-corrected chi connectivity index (χ2v) is 0. The first kappa shape index (κ1) is 40.6. The summed E-state index contributed by atoms with van der Waals surface area (Å²) < 4.78 is 0. The molecule has 0 aliphatic rings. The van der Waals surface area contributed by atoms with Gasteiger partial charge in [0.15, 0.2) is 0 Å². The zero-order chi connectivity index (χ0) is 0. The third-order valence-corrected chi connectivity index (χ3v) is 0. The summed E-state index contributed by atoms with van der Waals surface area (Å²) >= 11 is 0. The minimum absolute atomic E-state index is 0. The van der Waals surface area contributed by atoms with Gasteiger partial charge in [-0.15, -0.1) is 0 Å². The Morgan fingerprint density at radius 3 is 1.00 bits per heavy atom. The molecule has 0 amide bonds. The molecule has 0 aliphatic carbocycles. The van der Waals surface area contributed by atoms with Gasteiger partial charge >= 0.3 is 0 Å². The first-order valence-electron chi connectivity index (χ1n) is 0. The van der Waals surface area contributed by atoms with Crippen molar-refractivity contribution >= 4 is 61.3 Å². The molecule has 0 fully saturated rings. The molecule has 2 radical (unpaired) electrons. The van der Waals surface area contributed by atoms with Crippen molar-refractivity contribution in [2.75, 3.05) is 0 Å². The van der Waals surface area contributed by atoms with E-state index in [0.29, 0.717) is 0 Å². The zero-order valence-corrected chi connectivity index (χ0v) is 11.9. The van der Waals surface area contributed by atoms with Gasteiger partial charge in [0, 0.05) is 91.0 Å². The van der Waals surface area contributed by atoms with Gasteiger partial charge in [-0.2, -0.15) is 9.90 Å². The van der Waals surface area contributed by atoms with Crippen molar-refractivity contribution in [2.45, 2.75) is 0 Å². The van der Waals surface area contributed by atoms with Crippen LogP contribution in [0.5, 0.6) is 0 Å². The molecule has 1 unspecified atom stereocenters. The fourth-order valence-corrected chi connectivity index (χ4v) is 0. The van der Waals surface area contributed by atoms with Gasteiger partial charge in [0.1, 0.15) is 0 Å². The molecule has 0 aliphatic heterocycles. The van der Waals surface area contributed by atoms with E-state index >= 15 is 0 Å². The van der Waals surface area contributed by atoms with Gasteiger partial charge in [-0.05, 0) is 0 Å². The van der Waals surface area contributed by atoms with Crippen LogP contribution in [0.1, 0.15) is 0 Å². The Bertz CT molecular complexity index is 11.6. The second-order valence-electron chi connectivity index (χ2n) is 0. The third kappa shape index (κ3) is 18.8. The summed E-state index contributed by atoms with van der Waals surface area (Å²) in [7, 11) is 0. The topological polar surface area (TPSA) is 31.5 Å². The monoisotopic (exact) mass is 326 g/mol. The summed E-state index contributed by atoms with van der Waals surface area (Å²) in [4.78, 5) is 0. The van der Waals surface area contributed by atoms with Crippen LogP contribution in [0.4, 0.5) is 0 Å². The van der Waals surface area contributed by atoms with Gasteiger partial charge in [0.2, 0.25) is 0 Å². The molecule has 5 heavy (non-hydrogen) atoms. The molecule has 0 aromatic rings. The van der Waals surface area contributed by atoms with Crippen molar-refractivity contribution in [1.29, 1.82) is 0 Å². The van der Waals surface area contributed by atoms with Crippen molar-refractivity contribution < 1.29 is 45.1 Å². The fourth-order valence-electron chi connectivity index (χ4n) is 0. The normalized spacial score (nSPS) is 0. The first-order valence-corrected chi connectivity index (χ1v) is 0. The molecule has 0 rings (SSSR count). The molecule has 1 nitrogen and oxygen atoms in total. The van der Waals surface area contributed by atoms with Crippen LogP contribution in [-0.4, -0.2) is 56.9 Å². The molecule has 0 aromatic heterocycles. The predicted octanol–water partition coefficient (Wildman–Crippen LogP) is -1.15. The Labute approximate surface area is 104 Å².